The summed E-state index contributed by atoms with van der Waals surface area (Å²) in [7, 11) is 0. The van der Waals surface area contributed by atoms with Crippen molar-refractivity contribution in [3.05, 3.63) is 40.8 Å². The van der Waals surface area contributed by atoms with Gasteiger partial charge in [-0.2, -0.15) is 9.55 Å². The Morgan fingerprint density at radius 2 is 1.84 bits per heavy atom. The zero-order valence-corrected chi connectivity index (χ0v) is 10.5. The highest BCUT2D eigenvalue weighted by molar-refractivity contribution is 5.17. The normalized spacial score (nSPS) is 22.7. The van der Waals surface area contributed by atoms with Crippen LogP contribution < -0.4 is 0 Å². The maximum Gasteiger partial charge on any atom is 0.259 e. The van der Waals surface area contributed by atoms with Crippen molar-refractivity contribution in [1.29, 1.82) is 0 Å². The number of hydrogen-bond acceptors (Lipinski definition) is 3. The minimum atomic E-state index is -2.72. The molecule has 0 radical (unpaired) electrons. The minimum Gasteiger partial charge on any atom is -0.216 e. The molecule has 0 amide bonds. The largest absolute Gasteiger partial charge is 0.259 e. The van der Waals surface area contributed by atoms with Crippen molar-refractivity contribution < 1.29 is 18.6 Å². The van der Waals surface area contributed by atoms with Gasteiger partial charge in [0.05, 0.1) is 12.8 Å². The molecule has 1 aliphatic heterocycles. The lowest BCUT2D eigenvalue weighted by Gasteiger charge is -2.41. The maximum atomic E-state index is 13.2. The van der Waals surface area contributed by atoms with Crippen LogP contribution in [0.5, 0.6) is 0 Å². The van der Waals surface area contributed by atoms with E-state index in [-0.39, 0.29) is 32.5 Å². The molecule has 1 atom stereocenters. The summed E-state index contributed by atoms with van der Waals surface area (Å²) in [5.41, 5.74) is 0.745. The summed E-state index contributed by atoms with van der Waals surface area (Å²) in [6, 6.07) is 8.38. The number of quaternary nitrogens is 1. The Hall–Kier alpha value is -1.40. The van der Waals surface area contributed by atoms with Crippen LogP contribution in [0.1, 0.15) is 24.4 Å². The topological polar surface area (TPSA) is 49.7 Å². The van der Waals surface area contributed by atoms with Gasteiger partial charge in [0, 0.05) is 5.56 Å². The maximum absolute atomic E-state index is 13.2. The zero-order chi connectivity index (χ0) is 13.9. The number of nitroso groups, excluding NO2 is 1. The summed E-state index contributed by atoms with van der Waals surface area (Å²) in [5, 5.41) is 13.4. The smallest absolute Gasteiger partial charge is 0.216 e. The lowest BCUT2D eigenvalue weighted by Crippen LogP contribution is -2.55. The van der Waals surface area contributed by atoms with Crippen LogP contribution in [0.4, 0.5) is 8.78 Å². The van der Waals surface area contributed by atoms with Crippen molar-refractivity contribution >= 4 is 0 Å². The van der Waals surface area contributed by atoms with E-state index in [1.807, 2.05) is 6.07 Å². The second kappa shape index (κ2) is 5.30. The van der Waals surface area contributed by atoms with Crippen molar-refractivity contribution in [3.63, 3.8) is 0 Å². The molecule has 1 aliphatic rings. The lowest BCUT2D eigenvalue weighted by atomic mass is 9.99. The van der Waals surface area contributed by atoms with Crippen LogP contribution in [0.15, 0.2) is 35.5 Å². The fourth-order valence-corrected chi connectivity index (χ4v) is 2.54. The first-order chi connectivity index (χ1) is 8.97. The van der Waals surface area contributed by atoms with Gasteiger partial charge in [0.1, 0.15) is 19.6 Å². The summed E-state index contributed by atoms with van der Waals surface area (Å²) in [5.74, 6) is -2.72. The Bertz CT molecular complexity index is 430. The van der Waals surface area contributed by atoms with Crippen molar-refractivity contribution in [1.82, 2.24) is 0 Å². The highest BCUT2D eigenvalue weighted by Crippen LogP contribution is 2.37. The fourth-order valence-electron chi connectivity index (χ4n) is 2.54. The molecule has 4 nitrogen and oxygen atoms in total. The van der Waals surface area contributed by atoms with Crippen molar-refractivity contribution in [3.8, 4) is 0 Å². The monoisotopic (exact) mass is 271 g/mol. The molecular formula is C13H17F2N2O2+. The average Bonchev–Trinajstić information content (AvgIpc) is 2.41. The van der Waals surface area contributed by atoms with Gasteiger partial charge < -0.3 is 0 Å². The predicted octanol–water partition coefficient (Wildman–Crippen LogP) is 3.13. The number of hydrogen-bond donors (Lipinski definition) is 1. The highest BCUT2D eigenvalue weighted by Gasteiger charge is 2.47. The summed E-state index contributed by atoms with van der Waals surface area (Å²) in [6.07, 6.45) is -0.739. The third-order valence-electron chi connectivity index (χ3n) is 3.74. The number of benzene rings is 1. The van der Waals surface area contributed by atoms with Gasteiger partial charge in [0.15, 0.2) is 6.04 Å². The van der Waals surface area contributed by atoms with E-state index in [2.05, 4.69) is 5.18 Å². The van der Waals surface area contributed by atoms with Crippen LogP contribution >= 0.6 is 0 Å². The molecule has 0 saturated carbocycles. The molecule has 1 unspecified atom stereocenters. The van der Waals surface area contributed by atoms with Gasteiger partial charge in [-0.05, 0) is 0 Å². The molecule has 6 heteroatoms. The molecule has 0 aromatic heterocycles. The van der Waals surface area contributed by atoms with Gasteiger partial charge in [-0.15, -0.1) is 0 Å². The average molecular weight is 271 g/mol. The molecule has 1 aromatic rings. The first-order valence-electron chi connectivity index (χ1n) is 6.28. The van der Waals surface area contributed by atoms with E-state index in [4.69, 9.17) is 0 Å². The van der Waals surface area contributed by atoms with Gasteiger partial charge in [-0.1, -0.05) is 35.5 Å². The van der Waals surface area contributed by atoms with Crippen LogP contribution in [0.3, 0.4) is 0 Å². The fraction of sp³-hybridized carbons (Fsp3) is 0.538. The van der Waals surface area contributed by atoms with E-state index >= 15 is 0 Å². The first-order valence-corrected chi connectivity index (χ1v) is 6.28. The Kier molecular flexibility index (Phi) is 3.91. The third-order valence-corrected chi connectivity index (χ3v) is 3.74. The molecule has 19 heavy (non-hydrogen) atoms. The SMILES string of the molecule is O=NCC(c1ccccc1)[N+]1(O)CCC(F)(F)CC1. The molecule has 0 bridgehead atoms. The van der Waals surface area contributed by atoms with E-state index in [9.17, 15) is 18.9 Å². The second-order valence-corrected chi connectivity index (χ2v) is 5.03. The molecule has 1 fully saturated rings. The van der Waals surface area contributed by atoms with E-state index in [1.54, 1.807) is 24.3 Å². The Balaban J connectivity index is 2.22. The Morgan fingerprint density at radius 1 is 1.26 bits per heavy atom. The predicted molar refractivity (Wildman–Crippen MR) is 65.8 cm³/mol. The number of rotatable bonds is 4. The minimum absolute atomic E-state index is 0.0674. The van der Waals surface area contributed by atoms with Crippen LogP contribution in [-0.4, -0.2) is 35.4 Å². The highest BCUT2D eigenvalue weighted by atomic mass is 19.3. The van der Waals surface area contributed by atoms with Crippen molar-refractivity contribution in [2.24, 2.45) is 5.18 Å². The summed E-state index contributed by atoms with van der Waals surface area (Å²) >= 11 is 0. The molecular weight excluding hydrogens is 254 g/mol. The summed E-state index contributed by atoms with van der Waals surface area (Å²) in [6.45, 7) is -0.254. The number of likely N-dealkylation sites (tertiary alicyclic amines) is 1. The first kappa shape index (κ1) is 14.0. The van der Waals surface area contributed by atoms with E-state index in [0.717, 1.165) is 5.56 Å². The summed E-state index contributed by atoms with van der Waals surface area (Å²) < 4.78 is 25.9. The van der Waals surface area contributed by atoms with Crippen LogP contribution in [-0.2, 0) is 0 Å². The van der Waals surface area contributed by atoms with Gasteiger partial charge in [-0.3, -0.25) is 0 Å². The number of nitrogens with zero attached hydrogens (tertiary/aromatic N) is 2. The molecule has 104 valence electrons. The number of halogens is 2. The van der Waals surface area contributed by atoms with Crippen molar-refractivity contribution in [2.75, 3.05) is 19.6 Å². The Labute approximate surface area is 110 Å². The molecule has 0 spiro atoms. The second-order valence-electron chi connectivity index (χ2n) is 5.03. The zero-order valence-electron chi connectivity index (χ0n) is 10.5. The van der Waals surface area contributed by atoms with E-state index in [1.165, 1.54) is 0 Å². The quantitative estimate of drug-likeness (QED) is 0.675. The van der Waals surface area contributed by atoms with E-state index in [0.29, 0.717) is 0 Å². The molecule has 2 rings (SSSR count). The number of piperidine rings is 1. The molecule has 1 saturated heterocycles. The van der Waals surface area contributed by atoms with Gasteiger partial charge in [0.25, 0.3) is 5.92 Å². The number of alkyl halides is 2. The van der Waals surface area contributed by atoms with Gasteiger partial charge in [-0.25, -0.2) is 14.0 Å². The third kappa shape index (κ3) is 3.13. The lowest BCUT2D eigenvalue weighted by molar-refractivity contribution is -1.13. The van der Waals surface area contributed by atoms with Crippen LogP contribution in [0.25, 0.3) is 0 Å². The standard InChI is InChI=1S/C13H17F2N2O2/c14-13(15)6-8-17(19,9-7-13)12(10-16-18)11-4-2-1-3-5-11/h1-5,12,19H,6-10H2/q+1. The van der Waals surface area contributed by atoms with Gasteiger partial charge >= 0.3 is 0 Å². The van der Waals surface area contributed by atoms with E-state index < -0.39 is 16.6 Å². The van der Waals surface area contributed by atoms with Crippen LogP contribution in [0, 0.1) is 4.91 Å². The van der Waals surface area contributed by atoms with Crippen molar-refractivity contribution in [2.45, 2.75) is 24.8 Å². The van der Waals surface area contributed by atoms with Crippen LogP contribution in [0.2, 0.25) is 0 Å². The molecule has 1 aromatic carbocycles. The number of hydroxylamine groups is 3. The van der Waals surface area contributed by atoms with Gasteiger partial charge in [0.2, 0.25) is 0 Å². The molecule has 1 heterocycles. The molecule has 1 N–H and O–H groups in total. The summed E-state index contributed by atoms with van der Waals surface area (Å²) in [4.78, 5) is 10.6. The Morgan fingerprint density at radius 3 is 2.37 bits per heavy atom. The molecule has 0 aliphatic carbocycles.